The van der Waals surface area contributed by atoms with Crippen molar-refractivity contribution in [2.24, 2.45) is 0 Å². The van der Waals surface area contributed by atoms with Crippen LogP contribution in [0, 0.1) is 0 Å². The maximum Gasteiger partial charge on any atom is 0.228 e. The minimum Gasteiger partial charge on any atom is -0.337 e. The Morgan fingerprint density at radius 3 is 2.70 bits per heavy atom. The zero-order chi connectivity index (χ0) is 16.4. The highest BCUT2D eigenvalue weighted by atomic mass is 16.2. The van der Waals surface area contributed by atoms with E-state index in [1.165, 1.54) is 19.3 Å². The van der Waals surface area contributed by atoms with Gasteiger partial charge in [-0.2, -0.15) is 0 Å². The zero-order valence-corrected chi connectivity index (χ0v) is 14.1. The summed E-state index contributed by atoms with van der Waals surface area (Å²) in [5.41, 5.74) is 2.88. The SMILES string of the molecule is CC(C)N(C(=O)Cc1ccc2c(c1)NC(=O)C2)C1CCCCC1. The van der Waals surface area contributed by atoms with E-state index < -0.39 is 0 Å². The molecule has 0 spiro atoms. The van der Waals surface area contributed by atoms with E-state index in [-0.39, 0.29) is 17.9 Å². The predicted octanol–water partition coefficient (Wildman–Crippen LogP) is 3.29. The van der Waals surface area contributed by atoms with Crippen LogP contribution in [0.2, 0.25) is 0 Å². The number of rotatable bonds is 4. The van der Waals surface area contributed by atoms with Gasteiger partial charge in [0.05, 0.1) is 12.8 Å². The number of amides is 2. The molecule has 1 N–H and O–H groups in total. The Hall–Kier alpha value is -1.84. The van der Waals surface area contributed by atoms with Crippen LogP contribution in [0.25, 0.3) is 0 Å². The smallest absolute Gasteiger partial charge is 0.228 e. The van der Waals surface area contributed by atoms with E-state index in [1.54, 1.807) is 0 Å². The molecular formula is C19H26N2O2. The van der Waals surface area contributed by atoms with Crippen molar-refractivity contribution in [2.45, 2.75) is 70.9 Å². The molecule has 23 heavy (non-hydrogen) atoms. The quantitative estimate of drug-likeness (QED) is 0.927. The first-order chi connectivity index (χ1) is 11.0. The normalized spacial score (nSPS) is 18.0. The highest BCUT2D eigenvalue weighted by Crippen LogP contribution is 2.27. The fraction of sp³-hybridized carbons (Fsp3) is 0.579. The van der Waals surface area contributed by atoms with Crippen molar-refractivity contribution >= 4 is 17.5 Å². The van der Waals surface area contributed by atoms with Gasteiger partial charge in [-0.15, -0.1) is 0 Å². The van der Waals surface area contributed by atoms with Crippen molar-refractivity contribution in [3.05, 3.63) is 29.3 Å². The number of benzene rings is 1. The first-order valence-electron chi connectivity index (χ1n) is 8.77. The fourth-order valence-corrected chi connectivity index (χ4v) is 3.91. The second-order valence-corrected chi connectivity index (χ2v) is 7.08. The van der Waals surface area contributed by atoms with Crippen LogP contribution in [0.5, 0.6) is 0 Å². The van der Waals surface area contributed by atoms with Gasteiger partial charge in [0.25, 0.3) is 0 Å². The minimum absolute atomic E-state index is 0.0366. The van der Waals surface area contributed by atoms with Gasteiger partial charge in [-0.1, -0.05) is 31.4 Å². The van der Waals surface area contributed by atoms with Crippen LogP contribution in [0.4, 0.5) is 5.69 Å². The Labute approximate surface area is 138 Å². The molecule has 0 aromatic heterocycles. The van der Waals surface area contributed by atoms with Gasteiger partial charge in [-0.25, -0.2) is 0 Å². The molecule has 2 amide bonds. The van der Waals surface area contributed by atoms with Gasteiger partial charge in [-0.3, -0.25) is 9.59 Å². The Morgan fingerprint density at radius 2 is 2.00 bits per heavy atom. The maximum absolute atomic E-state index is 12.9. The summed E-state index contributed by atoms with van der Waals surface area (Å²) in [6, 6.07) is 6.54. The van der Waals surface area contributed by atoms with Crippen molar-refractivity contribution in [3.63, 3.8) is 0 Å². The van der Waals surface area contributed by atoms with E-state index in [1.807, 2.05) is 18.2 Å². The van der Waals surface area contributed by atoms with E-state index in [0.29, 0.717) is 18.9 Å². The molecule has 1 saturated carbocycles. The molecule has 1 aliphatic heterocycles. The van der Waals surface area contributed by atoms with Gasteiger partial charge >= 0.3 is 0 Å². The lowest BCUT2D eigenvalue weighted by Crippen LogP contribution is -2.46. The van der Waals surface area contributed by atoms with Crippen molar-refractivity contribution in [1.29, 1.82) is 0 Å². The van der Waals surface area contributed by atoms with Crippen LogP contribution in [-0.4, -0.2) is 28.8 Å². The van der Waals surface area contributed by atoms with Crippen molar-refractivity contribution in [2.75, 3.05) is 5.32 Å². The van der Waals surface area contributed by atoms with E-state index in [9.17, 15) is 9.59 Å². The Balaban J connectivity index is 1.71. The molecule has 1 fully saturated rings. The summed E-state index contributed by atoms with van der Waals surface area (Å²) in [5.74, 6) is 0.241. The molecule has 1 heterocycles. The molecule has 0 saturated heterocycles. The van der Waals surface area contributed by atoms with Gasteiger partial charge in [0, 0.05) is 17.8 Å². The molecule has 4 nitrogen and oxygen atoms in total. The third-order valence-electron chi connectivity index (χ3n) is 4.97. The maximum atomic E-state index is 12.9. The van der Waals surface area contributed by atoms with Crippen LogP contribution in [0.15, 0.2) is 18.2 Å². The molecule has 2 aliphatic rings. The second kappa shape index (κ2) is 6.73. The molecule has 124 valence electrons. The molecule has 3 rings (SSSR count). The lowest BCUT2D eigenvalue weighted by atomic mass is 9.92. The van der Waals surface area contributed by atoms with Crippen molar-refractivity contribution in [1.82, 2.24) is 4.90 Å². The molecule has 4 heteroatoms. The van der Waals surface area contributed by atoms with Gasteiger partial charge in [0.1, 0.15) is 0 Å². The summed E-state index contributed by atoms with van der Waals surface area (Å²) in [5, 5.41) is 2.86. The van der Waals surface area contributed by atoms with E-state index in [2.05, 4.69) is 24.1 Å². The number of carbonyl (C=O) groups excluding carboxylic acids is 2. The third kappa shape index (κ3) is 3.57. The van der Waals surface area contributed by atoms with Crippen molar-refractivity contribution in [3.8, 4) is 0 Å². The standard InChI is InChI=1S/C19H26N2O2/c1-13(2)21(16-6-4-3-5-7-16)19(23)11-14-8-9-15-12-18(22)20-17(15)10-14/h8-10,13,16H,3-7,11-12H2,1-2H3,(H,20,22). The molecule has 1 aromatic carbocycles. The van der Waals surface area contributed by atoms with Crippen LogP contribution >= 0.6 is 0 Å². The van der Waals surface area contributed by atoms with E-state index in [4.69, 9.17) is 0 Å². The van der Waals surface area contributed by atoms with Gasteiger partial charge < -0.3 is 10.2 Å². The predicted molar refractivity (Wildman–Crippen MR) is 91.3 cm³/mol. The minimum atomic E-state index is 0.0366. The second-order valence-electron chi connectivity index (χ2n) is 7.08. The summed E-state index contributed by atoms with van der Waals surface area (Å²) >= 11 is 0. The average molecular weight is 314 g/mol. The first kappa shape index (κ1) is 16.0. The largest absolute Gasteiger partial charge is 0.337 e. The molecule has 0 atom stereocenters. The van der Waals surface area contributed by atoms with Gasteiger partial charge in [0.15, 0.2) is 0 Å². The number of fused-ring (bicyclic) bond motifs is 1. The average Bonchev–Trinajstić information content (AvgIpc) is 2.87. The number of nitrogens with one attached hydrogen (secondary N) is 1. The Morgan fingerprint density at radius 1 is 1.26 bits per heavy atom. The number of carbonyl (C=O) groups is 2. The van der Waals surface area contributed by atoms with E-state index >= 15 is 0 Å². The van der Waals surface area contributed by atoms with E-state index in [0.717, 1.165) is 29.7 Å². The number of nitrogens with zero attached hydrogens (tertiary/aromatic N) is 1. The first-order valence-corrected chi connectivity index (χ1v) is 8.77. The van der Waals surface area contributed by atoms with Gasteiger partial charge in [-0.05, 0) is 43.9 Å². The number of hydrogen-bond acceptors (Lipinski definition) is 2. The Kier molecular flexibility index (Phi) is 4.69. The van der Waals surface area contributed by atoms with Crippen LogP contribution < -0.4 is 5.32 Å². The summed E-state index contributed by atoms with van der Waals surface area (Å²) in [4.78, 5) is 26.4. The summed E-state index contributed by atoms with van der Waals surface area (Å²) in [7, 11) is 0. The monoisotopic (exact) mass is 314 g/mol. The third-order valence-corrected chi connectivity index (χ3v) is 4.97. The molecule has 0 bridgehead atoms. The van der Waals surface area contributed by atoms with Crippen LogP contribution in [0.1, 0.15) is 57.1 Å². The molecular weight excluding hydrogens is 288 g/mol. The number of anilines is 1. The molecule has 1 aliphatic carbocycles. The lowest BCUT2D eigenvalue weighted by molar-refractivity contribution is -0.135. The van der Waals surface area contributed by atoms with Crippen molar-refractivity contribution < 1.29 is 9.59 Å². The van der Waals surface area contributed by atoms with Crippen LogP contribution in [0.3, 0.4) is 0 Å². The summed E-state index contributed by atoms with van der Waals surface area (Å²) in [6.07, 6.45) is 6.87. The molecule has 0 radical (unpaired) electrons. The fourth-order valence-electron chi connectivity index (χ4n) is 3.91. The lowest BCUT2D eigenvalue weighted by Gasteiger charge is -2.37. The zero-order valence-electron chi connectivity index (χ0n) is 14.1. The molecule has 1 aromatic rings. The highest BCUT2D eigenvalue weighted by Gasteiger charge is 2.27. The van der Waals surface area contributed by atoms with Crippen LogP contribution in [-0.2, 0) is 22.4 Å². The Bertz CT molecular complexity index is 603. The highest BCUT2D eigenvalue weighted by molar-refractivity contribution is 5.99. The van der Waals surface area contributed by atoms with Gasteiger partial charge in [0.2, 0.25) is 11.8 Å². The molecule has 0 unspecified atom stereocenters. The topological polar surface area (TPSA) is 49.4 Å². The number of hydrogen-bond donors (Lipinski definition) is 1. The summed E-state index contributed by atoms with van der Waals surface area (Å²) < 4.78 is 0. The summed E-state index contributed by atoms with van der Waals surface area (Å²) in [6.45, 7) is 4.21.